The number of halogens is 1. The van der Waals surface area contributed by atoms with Gasteiger partial charge in [0.2, 0.25) is 0 Å². The smallest absolute Gasteiger partial charge is 0.255 e. The molecule has 5 nitrogen and oxygen atoms in total. The van der Waals surface area contributed by atoms with E-state index in [9.17, 15) is 4.79 Å². The molecule has 0 aliphatic rings. The van der Waals surface area contributed by atoms with E-state index in [1.165, 1.54) is 0 Å². The van der Waals surface area contributed by atoms with Crippen molar-refractivity contribution in [1.29, 1.82) is 0 Å². The zero-order chi connectivity index (χ0) is 10.7. The summed E-state index contributed by atoms with van der Waals surface area (Å²) in [5.74, 6) is -0.102. The molecule has 1 N–H and O–H groups in total. The number of carbonyl (C=O) groups excluding carboxylic acids is 1. The molecule has 6 heteroatoms. The van der Waals surface area contributed by atoms with Crippen LogP contribution in [0.3, 0.4) is 0 Å². The van der Waals surface area contributed by atoms with Crippen LogP contribution >= 0.6 is 22.6 Å². The minimum Gasteiger partial charge on any atom is -0.351 e. The average Bonchev–Trinajstić information content (AvgIpc) is 2.69. The Balaban J connectivity index is 2.31. The molecule has 0 fully saturated rings. The van der Waals surface area contributed by atoms with Crippen LogP contribution in [0.15, 0.2) is 24.8 Å². The average molecular weight is 316 g/mol. The first-order valence-corrected chi connectivity index (χ1v) is 5.97. The first-order chi connectivity index (χ1) is 7.33. The Kier molecular flexibility index (Phi) is 3.14. The third-order valence-corrected chi connectivity index (χ3v) is 2.49. The van der Waals surface area contributed by atoms with Crippen LogP contribution in [-0.2, 0) is 0 Å². The second-order valence-electron chi connectivity index (χ2n) is 2.91. The molecule has 0 spiro atoms. The molecular weight excluding hydrogens is 307 g/mol. The number of hydrogen-bond donors (Lipinski definition) is 1. The lowest BCUT2D eigenvalue weighted by Gasteiger charge is -2.00. The molecule has 0 aromatic carbocycles. The van der Waals surface area contributed by atoms with Gasteiger partial charge in [-0.05, 0) is 0 Å². The second kappa shape index (κ2) is 4.56. The fraction of sp³-hybridized carbons (Fsp3) is 0.222. The minimum atomic E-state index is -0.102. The van der Waals surface area contributed by atoms with Gasteiger partial charge in [-0.1, -0.05) is 22.6 Å². The number of fused-ring (bicyclic) bond motifs is 1. The number of alkyl halides is 1. The van der Waals surface area contributed by atoms with E-state index in [1.54, 1.807) is 29.3 Å². The normalized spacial score (nSPS) is 10.5. The van der Waals surface area contributed by atoms with Gasteiger partial charge in [0.25, 0.3) is 5.91 Å². The number of amides is 1. The fourth-order valence-corrected chi connectivity index (χ4v) is 1.54. The summed E-state index contributed by atoms with van der Waals surface area (Å²) in [5, 5.41) is 6.86. The third-order valence-electron chi connectivity index (χ3n) is 1.95. The van der Waals surface area contributed by atoms with Gasteiger partial charge in [0.1, 0.15) is 0 Å². The standard InChI is InChI=1S/C9H9IN4O/c10-1-2-12-9(15)7-5-13-14-4-3-11-6-8(7)14/h3-6H,1-2H2,(H,12,15). The number of rotatable bonds is 3. The number of aromatic nitrogens is 3. The maximum atomic E-state index is 11.7. The lowest BCUT2D eigenvalue weighted by molar-refractivity contribution is 0.0958. The van der Waals surface area contributed by atoms with E-state index < -0.39 is 0 Å². The highest BCUT2D eigenvalue weighted by molar-refractivity contribution is 14.1. The molecule has 0 saturated carbocycles. The number of hydrogen-bond acceptors (Lipinski definition) is 3. The first-order valence-electron chi connectivity index (χ1n) is 4.44. The van der Waals surface area contributed by atoms with Gasteiger partial charge in [0.05, 0.1) is 23.5 Å². The highest BCUT2D eigenvalue weighted by Gasteiger charge is 2.11. The highest BCUT2D eigenvalue weighted by Crippen LogP contribution is 2.07. The van der Waals surface area contributed by atoms with Gasteiger partial charge in [-0.3, -0.25) is 9.78 Å². The predicted molar refractivity (Wildman–Crippen MR) is 64.2 cm³/mol. The van der Waals surface area contributed by atoms with Crippen LogP contribution in [0.5, 0.6) is 0 Å². The fourth-order valence-electron chi connectivity index (χ4n) is 1.27. The van der Waals surface area contributed by atoms with Gasteiger partial charge in [-0.2, -0.15) is 5.10 Å². The monoisotopic (exact) mass is 316 g/mol. The Labute approximate surface area is 100 Å². The topological polar surface area (TPSA) is 59.3 Å². The molecule has 2 rings (SSSR count). The van der Waals surface area contributed by atoms with Gasteiger partial charge in [0.15, 0.2) is 0 Å². The quantitative estimate of drug-likeness (QED) is 0.676. The van der Waals surface area contributed by atoms with E-state index in [4.69, 9.17) is 0 Å². The van der Waals surface area contributed by atoms with Gasteiger partial charge in [-0.25, -0.2) is 4.52 Å². The Hall–Kier alpha value is -1.18. The van der Waals surface area contributed by atoms with E-state index in [-0.39, 0.29) is 5.91 Å². The van der Waals surface area contributed by atoms with Crippen molar-refractivity contribution in [2.24, 2.45) is 0 Å². The van der Waals surface area contributed by atoms with Gasteiger partial charge < -0.3 is 5.32 Å². The zero-order valence-electron chi connectivity index (χ0n) is 7.85. The minimum absolute atomic E-state index is 0.102. The molecule has 78 valence electrons. The maximum absolute atomic E-state index is 11.7. The molecule has 0 aliphatic carbocycles. The van der Waals surface area contributed by atoms with E-state index in [1.807, 2.05) is 0 Å². The Bertz CT molecular complexity index is 482. The van der Waals surface area contributed by atoms with Gasteiger partial charge >= 0.3 is 0 Å². The van der Waals surface area contributed by atoms with Gasteiger partial charge in [-0.15, -0.1) is 0 Å². The molecule has 0 bridgehead atoms. The lowest BCUT2D eigenvalue weighted by atomic mass is 10.3. The van der Waals surface area contributed by atoms with Crippen LogP contribution in [0.4, 0.5) is 0 Å². The molecule has 2 aromatic heterocycles. The Morgan fingerprint density at radius 3 is 3.20 bits per heavy atom. The number of nitrogens with one attached hydrogen (secondary N) is 1. The molecule has 1 amide bonds. The first kappa shape index (κ1) is 10.3. The highest BCUT2D eigenvalue weighted by atomic mass is 127. The van der Waals surface area contributed by atoms with Crippen LogP contribution in [0.2, 0.25) is 0 Å². The SMILES string of the molecule is O=C(NCCI)c1cnn2ccncc12. The summed E-state index contributed by atoms with van der Waals surface area (Å²) in [4.78, 5) is 15.6. The number of carbonyl (C=O) groups is 1. The summed E-state index contributed by atoms with van der Waals surface area (Å²) >= 11 is 2.21. The predicted octanol–water partition coefficient (Wildman–Crippen LogP) is 0.894. The van der Waals surface area contributed by atoms with Crippen LogP contribution in [0.1, 0.15) is 10.4 Å². The third kappa shape index (κ3) is 2.09. The summed E-state index contributed by atoms with van der Waals surface area (Å²) in [6.07, 6.45) is 6.53. The van der Waals surface area contributed by atoms with Crippen molar-refractivity contribution in [2.45, 2.75) is 0 Å². The van der Waals surface area contributed by atoms with Crippen molar-refractivity contribution in [1.82, 2.24) is 19.9 Å². The summed E-state index contributed by atoms with van der Waals surface area (Å²) in [5.41, 5.74) is 1.29. The van der Waals surface area contributed by atoms with Crippen molar-refractivity contribution in [3.63, 3.8) is 0 Å². The number of nitrogens with zero attached hydrogens (tertiary/aromatic N) is 3. The van der Waals surface area contributed by atoms with E-state index in [0.29, 0.717) is 12.1 Å². The molecule has 0 aliphatic heterocycles. The van der Waals surface area contributed by atoms with E-state index in [2.05, 4.69) is 38.0 Å². The molecule has 15 heavy (non-hydrogen) atoms. The molecule has 2 heterocycles. The lowest BCUT2D eigenvalue weighted by Crippen LogP contribution is -2.24. The van der Waals surface area contributed by atoms with Crippen LogP contribution in [0.25, 0.3) is 5.52 Å². The summed E-state index contributed by atoms with van der Waals surface area (Å²) in [7, 11) is 0. The molecule has 2 aromatic rings. The Morgan fingerprint density at radius 1 is 1.53 bits per heavy atom. The van der Waals surface area contributed by atoms with Crippen LogP contribution in [0, 0.1) is 0 Å². The van der Waals surface area contributed by atoms with Crippen molar-refractivity contribution in [3.05, 3.63) is 30.4 Å². The van der Waals surface area contributed by atoms with E-state index in [0.717, 1.165) is 9.94 Å². The molecule has 0 atom stereocenters. The summed E-state index contributed by atoms with van der Waals surface area (Å²) < 4.78 is 2.52. The van der Waals surface area contributed by atoms with Gasteiger partial charge in [0, 0.05) is 23.4 Å². The maximum Gasteiger partial charge on any atom is 0.255 e. The largest absolute Gasteiger partial charge is 0.351 e. The molecule has 0 unspecified atom stereocenters. The van der Waals surface area contributed by atoms with Crippen molar-refractivity contribution >= 4 is 34.0 Å². The molecule has 0 radical (unpaired) electrons. The summed E-state index contributed by atoms with van der Waals surface area (Å²) in [6.45, 7) is 0.664. The van der Waals surface area contributed by atoms with Crippen molar-refractivity contribution < 1.29 is 4.79 Å². The molecule has 0 saturated heterocycles. The second-order valence-corrected chi connectivity index (χ2v) is 3.99. The van der Waals surface area contributed by atoms with Crippen molar-refractivity contribution in [3.8, 4) is 0 Å². The van der Waals surface area contributed by atoms with Crippen LogP contribution in [-0.4, -0.2) is 31.5 Å². The Morgan fingerprint density at radius 2 is 2.40 bits per heavy atom. The van der Waals surface area contributed by atoms with Crippen LogP contribution < -0.4 is 5.32 Å². The molecular formula is C9H9IN4O. The summed E-state index contributed by atoms with van der Waals surface area (Å²) in [6, 6.07) is 0. The van der Waals surface area contributed by atoms with Crippen molar-refractivity contribution in [2.75, 3.05) is 11.0 Å². The zero-order valence-corrected chi connectivity index (χ0v) is 10.0. The van der Waals surface area contributed by atoms with E-state index >= 15 is 0 Å².